The van der Waals surface area contributed by atoms with Crippen molar-refractivity contribution in [1.82, 2.24) is 4.98 Å². The van der Waals surface area contributed by atoms with Crippen molar-refractivity contribution in [1.29, 1.82) is 0 Å². The summed E-state index contributed by atoms with van der Waals surface area (Å²) in [5, 5.41) is 10.8. The summed E-state index contributed by atoms with van der Waals surface area (Å²) in [6.07, 6.45) is 0. The number of alkyl halides is 2. The molecule has 2 N–H and O–H groups in total. The molecule has 0 saturated heterocycles. The number of aliphatic hydroxyl groups is 1. The van der Waals surface area contributed by atoms with Gasteiger partial charge in [0.1, 0.15) is 12.4 Å². The molecule has 1 rings (SSSR count). The lowest BCUT2D eigenvalue weighted by atomic mass is 10.3. The molecular weight excluding hydrogens is 190 g/mol. The van der Waals surface area contributed by atoms with Gasteiger partial charge in [0.2, 0.25) is 0 Å². The van der Waals surface area contributed by atoms with E-state index in [1.807, 2.05) is 0 Å². The molecule has 1 aromatic heterocycles. The minimum atomic E-state index is -3.11. The van der Waals surface area contributed by atoms with Crippen molar-refractivity contribution in [2.24, 2.45) is 0 Å². The van der Waals surface area contributed by atoms with E-state index < -0.39 is 19.1 Å². The Hall–Kier alpha value is -1.23. The first-order chi connectivity index (χ1) is 6.53. The number of aliphatic hydroxyl groups excluding tert-OH is 1. The first kappa shape index (κ1) is 10.8. The quantitative estimate of drug-likeness (QED) is 0.776. The molecule has 1 heterocycles. The minimum absolute atomic E-state index is 0.387. The summed E-state index contributed by atoms with van der Waals surface area (Å²) < 4.78 is 25.2. The lowest BCUT2D eigenvalue weighted by Gasteiger charge is -2.14. The molecule has 0 radical (unpaired) electrons. The van der Waals surface area contributed by atoms with Crippen molar-refractivity contribution < 1.29 is 13.9 Å². The number of halogens is 2. The number of aryl methyl sites for hydroxylation is 1. The number of pyridine rings is 1. The second-order valence-electron chi connectivity index (χ2n) is 3.03. The number of hydrogen-bond donors (Lipinski definition) is 2. The molecule has 0 bridgehead atoms. The predicted octanol–water partition coefficient (Wildman–Crippen LogP) is 1.43. The molecule has 0 spiro atoms. The first-order valence-corrected chi connectivity index (χ1v) is 4.20. The standard InChI is InChI=1S/C9H12F2N2O/c1-7-3-2-4-8(13-7)12-5-9(10,11)6-14/h2-4,14H,5-6H2,1H3,(H,12,13). The molecule has 0 amide bonds. The van der Waals surface area contributed by atoms with E-state index in [2.05, 4.69) is 10.3 Å². The summed E-state index contributed by atoms with van der Waals surface area (Å²) >= 11 is 0. The fraction of sp³-hybridized carbons (Fsp3) is 0.444. The van der Waals surface area contributed by atoms with Crippen LogP contribution in [0.3, 0.4) is 0 Å². The lowest BCUT2D eigenvalue weighted by molar-refractivity contribution is -0.0373. The molecule has 0 aliphatic heterocycles. The van der Waals surface area contributed by atoms with E-state index >= 15 is 0 Å². The molecule has 1 aromatic rings. The number of rotatable bonds is 4. The number of aromatic nitrogens is 1. The maximum absolute atomic E-state index is 12.6. The van der Waals surface area contributed by atoms with E-state index in [0.717, 1.165) is 5.69 Å². The fourth-order valence-corrected chi connectivity index (χ4v) is 0.917. The van der Waals surface area contributed by atoms with Crippen LogP contribution in [0, 0.1) is 6.92 Å². The van der Waals surface area contributed by atoms with Crippen LogP contribution >= 0.6 is 0 Å². The van der Waals surface area contributed by atoms with Gasteiger partial charge in [-0.3, -0.25) is 0 Å². The van der Waals surface area contributed by atoms with Gasteiger partial charge in [-0.05, 0) is 19.1 Å². The van der Waals surface area contributed by atoms with Crippen molar-refractivity contribution in [3.8, 4) is 0 Å². The first-order valence-electron chi connectivity index (χ1n) is 4.20. The Morgan fingerprint density at radius 1 is 1.50 bits per heavy atom. The molecule has 0 aliphatic rings. The molecule has 3 nitrogen and oxygen atoms in total. The third kappa shape index (κ3) is 3.26. The van der Waals surface area contributed by atoms with E-state index in [-0.39, 0.29) is 0 Å². The summed E-state index contributed by atoms with van der Waals surface area (Å²) in [6, 6.07) is 5.09. The summed E-state index contributed by atoms with van der Waals surface area (Å²) in [7, 11) is 0. The van der Waals surface area contributed by atoms with E-state index in [0.29, 0.717) is 5.82 Å². The molecule has 78 valence electrons. The SMILES string of the molecule is Cc1cccc(NCC(F)(F)CO)n1. The molecule has 5 heteroatoms. The van der Waals surface area contributed by atoms with Gasteiger partial charge in [0.05, 0.1) is 6.54 Å². The predicted molar refractivity (Wildman–Crippen MR) is 49.5 cm³/mol. The van der Waals surface area contributed by atoms with Gasteiger partial charge in [-0.1, -0.05) is 6.07 Å². The maximum atomic E-state index is 12.6. The zero-order valence-electron chi connectivity index (χ0n) is 7.80. The molecule has 0 aromatic carbocycles. The van der Waals surface area contributed by atoms with E-state index in [4.69, 9.17) is 5.11 Å². The second kappa shape index (κ2) is 4.32. The molecule has 0 fully saturated rings. The lowest BCUT2D eigenvalue weighted by Crippen LogP contribution is -2.31. The molecular formula is C9H12F2N2O. The number of anilines is 1. The number of nitrogens with zero attached hydrogens (tertiary/aromatic N) is 1. The van der Waals surface area contributed by atoms with Crippen LogP contribution in [0.15, 0.2) is 18.2 Å². The van der Waals surface area contributed by atoms with Crippen molar-refractivity contribution >= 4 is 5.82 Å². The van der Waals surface area contributed by atoms with Crippen LogP contribution in [-0.4, -0.2) is 29.2 Å². The Morgan fingerprint density at radius 2 is 2.21 bits per heavy atom. The highest BCUT2D eigenvalue weighted by Gasteiger charge is 2.27. The normalized spacial score (nSPS) is 11.4. The van der Waals surface area contributed by atoms with Crippen LogP contribution in [0.5, 0.6) is 0 Å². The average molecular weight is 202 g/mol. The average Bonchev–Trinajstić information content (AvgIpc) is 2.15. The maximum Gasteiger partial charge on any atom is 0.287 e. The van der Waals surface area contributed by atoms with Gasteiger partial charge in [-0.15, -0.1) is 0 Å². The Bertz CT molecular complexity index is 305. The van der Waals surface area contributed by atoms with E-state index in [1.54, 1.807) is 25.1 Å². The molecule has 14 heavy (non-hydrogen) atoms. The van der Waals surface area contributed by atoms with Gasteiger partial charge in [0.25, 0.3) is 5.92 Å². The van der Waals surface area contributed by atoms with Crippen molar-refractivity contribution in [3.63, 3.8) is 0 Å². The second-order valence-corrected chi connectivity index (χ2v) is 3.03. The molecule has 0 atom stereocenters. The highest BCUT2D eigenvalue weighted by Crippen LogP contribution is 2.13. The third-order valence-electron chi connectivity index (χ3n) is 1.65. The van der Waals surface area contributed by atoms with E-state index in [9.17, 15) is 8.78 Å². The minimum Gasteiger partial charge on any atom is -0.390 e. The van der Waals surface area contributed by atoms with Crippen LogP contribution in [0.2, 0.25) is 0 Å². The van der Waals surface area contributed by atoms with Gasteiger partial charge in [-0.25, -0.2) is 13.8 Å². The third-order valence-corrected chi connectivity index (χ3v) is 1.65. The van der Waals surface area contributed by atoms with Crippen LogP contribution in [0.4, 0.5) is 14.6 Å². The van der Waals surface area contributed by atoms with Crippen LogP contribution in [0.25, 0.3) is 0 Å². The van der Waals surface area contributed by atoms with Crippen molar-refractivity contribution in [2.45, 2.75) is 12.8 Å². The summed E-state index contributed by atoms with van der Waals surface area (Å²) in [5.41, 5.74) is 0.752. The van der Waals surface area contributed by atoms with Crippen LogP contribution in [-0.2, 0) is 0 Å². The van der Waals surface area contributed by atoms with Gasteiger partial charge in [0.15, 0.2) is 0 Å². The summed E-state index contributed by atoms with van der Waals surface area (Å²) in [4.78, 5) is 3.98. The Morgan fingerprint density at radius 3 is 2.79 bits per heavy atom. The van der Waals surface area contributed by atoms with E-state index in [1.165, 1.54) is 0 Å². The highest BCUT2D eigenvalue weighted by molar-refractivity contribution is 5.35. The monoisotopic (exact) mass is 202 g/mol. The molecule has 0 saturated carbocycles. The van der Waals surface area contributed by atoms with Gasteiger partial charge >= 0.3 is 0 Å². The topological polar surface area (TPSA) is 45.1 Å². The van der Waals surface area contributed by atoms with Gasteiger partial charge in [0, 0.05) is 5.69 Å². The molecule has 0 aliphatic carbocycles. The van der Waals surface area contributed by atoms with Gasteiger partial charge < -0.3 is 10.4 Å². The zero-order valence-corrected chi connectivity index (χ0v) is 7.80. The van der Waals surface area contributed by atoms with Crippen molar-refractivity contribution in [3.05, 3.63) is 23.9 Å². The van der Waals surface area contributed by atoms with Crippen LogP contribution in [0.1, 0.15) is 5.69 Å². The smallest absolute Gasteiger partial charge is 0.287 e. The molecule has 0 unspecified atom stereocenters. The van der Waals surface area contributed by atoms with Crippen molar-refractivity contribution in [2.75, 3.05) is 18.5 Å². The zero-order chi connectivity index (χ0) is 10.6. The number of hydrogen-bond acceptors (Lipinski definition) is 3. The Labute approximate surface area is 80.8 Å². The largest absolute Gasteiger partial charge is 0.390 e. The fourth-order valence-electron chi connectivity index (χ4n) is 0.917. The Kier molecular flexibility index (Phi) is 3.35. The number of nitrogens with one attached hydrogen (secondary N) is 1. The summed E-state index contributed by atoms with van der Waals surface area (Å²) in [6.45, 7) is 0.00113. The summed E-state index contributed by atoms with van der Waals surface area (Å²) in [5.74, 6) is -2.72. The van der Waals surface area contributed by atoms with Crippen LogP contribution < -0.4 is 5.32 Å². The highest BCUT2D eigenvalue weighted by atomic mass is 19.3. The Balaban J connectivity index is 2.54. The van der Waals surface area contributed by atoms with Gasteiger partial charge in [-0.2, -0.15) is 0 Å².